The highest BCUT2D eigenvalue weighted by atomic mass is 16.2. The van der Waals surface area contributed by atoms with Crippen LogP contribution in [0.25, 0.3) is 0 Å². The normalized spacial score (nSPS) is 22.3. The molecule has 1 saturated carbocycles. The summed E-state index contributed by atoms with van der Waals surface area (Å²) in [4.78, 5) is 27.8. The summed E-state index contributed by atoms with van der Waals surface area (Å²) in [5.74, 6) is 0.868. The van der Waals surface area contributed by atoms with E-state index < -0.39 is 0 Å². The Labute approximate surface area is 140 Å². The van der Waals surface area contributed by atoms with Crippen LogP contribution in [-0.2, 0) is 4.79 Å². The Morgan fingerprint density at radius 1 is 1.09 bits per heavy atom. The van der Waals surface area contributed by atoms with Crippen LogP contribution in [0.1, 0.15) is 44.9 Å². The van der Waals surface area contributed by atoms with Crippen LogP contribution < -0.4 is 10.6 Å². The monoisotopic (exact) mass is 324 g/mol. The lowest BCUT2D eigenvalue weighted by atomic mass is 10.1. The second-order valence-corrected chi connectivity index (χ2v) is 7.07. The van der Waals surface area contributed by atoms with Gasteiger partial charge in [-0.3, -0.25) is 9.69 Å². The Balaban J connectivity index is 1.57. The van der Waals surface area contributed by atoms with Crippen molar-refractivity contribution in [3.05, 3.63) is 0 Å². The van der Waals surface area contributed by atoms with Gasteiger partial charge in [0, 0.05) is 33.7 Å². The smallest absolute Gasteiger partial charge is 0.314 e. The lowest BCUT2D eigenvalue weighted by Crippen LogP contribution is -2.44. The van der Waals surface area contributed by atoms with Gasteiger partial charge in [0.2, 0.25) is 5.91 Å². The van der Waals surface area contributed by atoms with E-state index in [0.29, 0.717) is 12.5 Å². The van der Waals surface area contributed by atoms with Gasteiger partial charge >= 0.3 is 6.03 Å². The molecule has 0 radical (unpaired) electrons. The van der Waals surface area contributed by atoms with E-state index in [1.807, 2.05) is 14.1 Å². The van der Waals surface area contributed by atoms with Gasteiger partial charge in [-0.15, -0.1) is 0 Å². The van der Waals surface area contributed by atoms with Gasteiger partial charge in [0.15, 0.2) is 0 Å². The molecule has 1 aliphatic heterocycles. The fourth-order valence-electron chi connectivity index (χ4n) is 3.67. The average Bonchev–Trinajstić information content (AvgIpc) is 3.20. The highest BCUT2D eigenvalue weighted by Gasteiger charge is 2.30. The van der Waals surface area contributed by atoms with Crippen LogP contribution in [0.2, 0.25) is 0 Å². The van der Waals surface area contributed by atoms with Crippen LogP contribution in [0.5, 0.6) is 0 Å². The maximum atomic E-state index is 12.1. The molecule has 1 aliphatic carbocycles. The van der Waals surface area contributed by atoms with Gasteiger partial charge in [0.05, 0.1) is 6.04 Å². The lowest BCUT2D eigenvalue weighted by molar-refractivity contribution is -0.133. The second kappa shape index (κ2) is 9.11. The highest BCUT2D eigenvalue weighted by Crippen LogP contribution is 2.23. The summed E-state index contributed by atoms with van der Waals surface area (Å²) in [5, 5.41) is 5.90. The fourth-order valence-corrected chi connectivity index (χ4v) is 3.67. The molecule has 0 aromatic rings. The van der Waals surface area contributed by atoms with Crippen molar-refractivity contribution in [1.82, 2.24) is 20.4 Å². The van der Waals surface area contributed by atoms with Crippen LogP contribution in [0.3, 0.4) is 0 Å². The summed E-state index contributed by atoms with van der Waals surface area (Å²) in [6.07, 6.45) is 8.01. The molecular formula is C17H32N4O2. The third-order valence-corrected chi connectivity index (χ3v) is 5.02. The van der Waals surface area contributed by atoms with Crippen molar-refractivity contribution in [1.29, 1.82) is 0 Å². The molecule has 1 saturated heterocycles. The van der Waals surface area contributed by atoms with Crippen molar-refractivity contribution in [2.75, 3.05) is 40.3 Å². The van der Waals surface area contributed by atoms with Crippen LogP contribution >= 0.6 is 0 Å². The van der Waals surface area contributed by atoms with Crippen LogP contribution in [-0.4, -0.2) is 68.1 Å². The maximum absolute atomic E-state index is 12.1. The zero-order valence-corrected chi connectivity index (χ0v) is 14.6. The van der Waals surface area contributed by atoms with E-state index in [1.165, 1.54) is 25.7 Å². The van der Waals surface area contributed by atoms with E-state index in [9.17, 15) is 9.59 Å². The number of hydrogen-bond acceptors (Lipinski definition) is 3. The summed E-state index contributed by atoms with van der Waals surface area (Å²) >= 11 is 0. The van der Waals surface area contributed by atoms with Gasteiger partial charge < -0.3 is 15.5 Å². The average molecular weight is 324 g/mol. The van der Waals surface area contributed by atoms with Gasteiger partial charge in [-0.05, 0) is 44.6 Å². The summed E-state index contributed by atoms with van der Waals surface area (Å²) < 4.78 is 0. The molecule has 2 rings (SSSR count). The molecule has 0 bridgehead atoms. The molecule has 2 aliphatic rings. The number of carbonyl (C=O) groups excluding carboxylic acids is 2. The zero-order valence-electron chi connectivity index (χ0n) is 14.6. The first-order valence-corrected chi connectivity index (χ1v) is 9.05. The highest BCUT2D eigenvalue weighted by molar-refractivity contribution is 5.81. The first-order valence-electron chi connectivity index (χ1n) is 9.05. The van der Waals surface area contributed by atoms with E-state index in [2.05, 4.69) is 15.5 Å². The zero-order chi connectivity index (χ0) is 16.7. The van der Waals surface area contributed by atoms with Gasteiger partial charge in [0.25, 0.3) is 0 Å². The first kappa shape index (κ1) is 18.0. The molecule has 6 nitrogen and oxygen atoms in total. The van der Waals surface area contributed by atoms with E-state index in [1.54, 1.807) is 4.90 Å². The standard InChI is InChI=1S/C17H32N4O2/c1-20(2)16(22)15-9-5-11-21(15)12-6-10-18-17(23)19-13-14-7-3-4-8-14/h14-15H,3-13H2,1-2H3,(H2,18,19,23)/t15-/m1/s1. The maximum Gasteiger partial charge on any atom is 0.314 e. The SMILES string of the molecule is CN(C)C(=O)[C@H]1CCCN1CCCNC(=O)NCC1CCCC1. The van der Waals surface area contributed by atoms with Crippen molar-refractivity contribution in [3.8, 4) is 0 Å². The third kappa shape index (κ3) is 5.68. The van der Waals surface area contributed by atoms with Crippen molar-refractivity contribution >= 4 is 11.9 Å². The van der Waals surface area contributed by atoms with E-state index in [-0.39, 0.29) is 18.0 Å². The molecular weight excluding hydrogens is 292 g/mol. The number of carbonyl (C=O) groups is 2. The molecule has 0 aromatic carbocycles. The number of likely N-dealkylation sites (tertiary alicyclic amines) is 1. The molecule has 3 amide bonds. The van der Waals surface area contributed by atoms with Crippen molar-refractivity contribution < 1.29 is 9.59 Å². The molecule has 2 N–H and O–H groups in total. The Bertz CT molecular complexity index is 394. The van der Waals surface area contributed by atoms with Crippen molar-refractivity contribution in [3.63, 3.8) is 0 Å². The fraction of sp³-hybridized carbons (Fsp3) is 0.882. The molecule has 0 aromatic heterocycles. The minimum absolute atomic E-state index is 0.0289. The van der Waals surface area contributed by atoms with Gasteiger partial charge in [-0.2, -0.15) is 0 Å². The van der Waals surface area contributed by atoms with Crippen molar-refractivity contribution in [2.45, 2.75) is 51.0 Å². The molecule has 0 spiro atoms. The van der Waals surface area contributed by atoms with Gasteiger partial charge in [-0.25, -0.2) is 4.79 Å². The Kier molecular flexibility index (Phi) is 7.15. The summed E-state index contributed by atoms with van der Waals surface area (Å²) in [6, 6.07) is -0.0274. The predicted molar refractivity (Wildman–Crippen MR) is 91.3 cm³/mol. The minimum atomic E-state index is -0.0563. The number of nitrogens with zero attached hydrogens (tertiary/aromatic N) is 2. The Morgan fingerprint density at radius 3 is 2.52 bits per heavy atom. The second-order valence-electron chi connectivity index (χ2n) is 7.07. The summed E-state index contributed by atoms with van der Waals surface area (Å²) in [5.41, 5.74) is 0. The molecule has 1 heterocycles. The van der Waals surface area contributed by atoms with E-state index in [0.717, 1.165) is 38.9 Å². The summed E-state index contributed by atoms with van der Waals surface area (Å²) in [7, 11) is 3.63. The number of amides is 3. The minimum Gasteiger partial charge on any atom is -0.347 e. The van der Waals surface area contributed by atoms with Crippen molar-refractivity contribution in [2.24, 2.45) is 5.92 Å². The largest absolute Gasteiger partial charge is 0.347 e. The molecule has 23 heavy (non-hydrogen) atoms. The first-order chi connectivity index (χ1) is 11.1. The predicted octanol–water partition coefficient (Wildman–Crippen LogP) is 1.42. The summed E-state index contributed by atoms with van der Waals surface area (Å²) in [6.45, 7) is 3.32. The molecule has 0 unspecified atom stereocenters. The van der Waals surface area contributed by atoms with E-state index in [4.69, 9.17) is 0 Å². The lowest BCUT2D eigenvalue weighted by Gasteiger charge is -2.26. The van der Waals surface area contributed by atoms with Crippen LogP contribution in [0.4, 0.5) is 4.79 Å². The number of hydrogen-bond donors (Lipinski definition) is 2. The molecule has 6 heteroatoms. The Hall–Kier alpha value is -1.30. The molecule has 132 valence electrons. The van der Waals surface area contributed by atoms with Crippen LogP contribution in [0.15, 0.2) is 0 Å². The molecule has 1 atom stereocenters. The van der Waals surface area contributed by atoms with Crippen LogP contribution in [0, 0.1) is 5.92 Å². The number of rotatable bonds is 7. The number of urea groups is 1. The Morgan fingerprint density at radius 2 is 1.83 bits per heavy atom. The van der Waals surface area contributed by atoms with Gasteiger partial charge in [0.1, 0.15) is 0 Å². The number of nitrogens with one attached hydrogen (secondary N) is 2. The quantitative estimate of drug-likeness (QED) is 0.696. The van der Waals surface area contributed by atoms with E-state index >= 15 is 0 Å². The topological polar surface area (TPSA) is 64.7 Å². The molecule has 2 fully saturated rings. The third-order valence-electron chi connectivity index (χ3n) is 5.02. The van der Waals surface area contributed by atoms with Gasteiger partial charge in [-0.1, -0.05) is 12.8 Å². The number of likely N-dealkylation sites (N-methyl/N-ethyl adjacent to an activating group) is 1.